The van der Waals surface area contributed by atoms with Crippen molar-refractivity contribution in [2.75, 3.05) is 39.4 Å². The van der Waals surface area contributed by atoms with Crippen LogP contribution in [0, 0.1) is 0 Å². The van der Waals surface area contributed by atoms with Crippen molar-refractivity contribution in [3.63, 3.8) is 0 Å². The Morgan fingerprint density at radius 3 is 2.69 bits per heavy atom. The molecule has 1 unspecified atom stereocenters. The Hall–Kier alpha value is -3.03. The molecule has 166 valence electrons. The van der Waals surface area contributed by atoms with Gasteiger partial charge in [-0.15, -0.1) is 0 Å². The quantitative estimate of drug-likeness (QED) is 0.595. The molecule has 32 heavy (non-hydrogen) atoms. The number of nitrogens with zero attached hydrogens (tertiary/aromatic N) is 3. The minimum atomic E-state index is -0.533. The molecule has 0 bridgehead atoms. The molecule has 2 aliphatic heterocycles. The lowest BCUT2D eigenvalue weighted by Crippen LogP contribution is -2.39. The van der Waals surface area contributed by atoms with Crippen molar-refractivity contribution in [3.05, 3.63) is 75.4 Å². The van der Waals surface area contributed by atoms with Crippen molar-refractivity contribution >= 4 is 16.9 Å². The van der Waals surface area contributed by atoms with Gasteiger partial charge in [0.05, 0.1) is 29.9 Å². The highest BCUT2D eigenvalue weighted by atomic mass is 16.5. The summed E-state index contributed by atoms with van der Waals surface area (Å²) in [5.74, 6) is -0.0926. The fourth-order valence-electron chi connectivity index (χ4n) is 4.65. The van der Waals surface area contributed by atoms with Gasteiger partial charge in [-0.1, -0.05) is 19.1 Å². The average molecular weight is 434 g/mol. The van der Waals surface area contributed by atoms with E-state index in [1.165, 1.54) is 0 Å². The molecule has 4 heterocycles. The lowest BCUT2D eigenvalue weighted by atomic mass is 10.0. The molecule has 0 radical (unpaired) electrons. The zero-order chi connectivity index (χ0) is 22.1. The third kappa shape index (κ3) is 3.72. The summed E-state index contributed by atoms with van der Waals surface area (Å²) in [6, 6.07) is 10.7. The number of carbonyl (C=O) groups excluding carboxylic acids is 1. The fraction of sp³-hybridized carbons (Fsp3) is 0.400. The van der Waals surface area contributed by atoms with Crippen LogP contribution in [0.25, 0.3) is 11.0 Å². The minimum absolute atomic E-state index is 0.142. The highest BCUT2D eigenvalue weighted by Gasteiger charge is 2.43. The Labute approximate surface area is 186 Å². The van der Waals surface area contributed by atoms with Crippen LogP contribution in [0.15, 0.2) is 51.8 Å². The van der Waals surface area contributed by atoms with Gasteiger partial charge in [0.25, 0.3) is 5.91 Å². The second-order valence-corrected chi connectivity index (χ2v) is 8.32. The molecule has 0 aliphatic carbocycles. The van der Waals surface area contributed by atoms with E-state index in [1.807, 2.05) is 37.3 Å². The zero-order valence-corrected chi connectivity index (χ0v) is 18.3. The standard InChI is InChI=1S/C25H27N3O4/c1-2-17-7-8-20-18(16-17)23(29)21-22(19-6-3-4-9-26-19)28(25(30)24(21)32-20)11-5-10-27-12-14-31-15-13-27/h3-4,6-9,16,22H,2,5,10-15H2,1H3. The van der Waals surface area contributed by atoms with Gasteiger partial charge in [-0.2, -0.15) is 0 Å². The van der Waals surface area contributed by atoms with Crippen LogP contribution < -0.4 is 5.43 Å². The smallest absolute Gasteiger partial charge is 0.290 e. The van der Waals surface area contributed by atoms with E-state index in [4.69, 9.17) is 9.15 Å². The number of morpholine rings is 1. The molecule has 0 saturated carbocycles. The van der Waals surface area contributed by atoms with Crippen molar-refractivity contribution < 1.29 is 13.9 Å². The van der Waals surface area contributed by atoms with E-state index in [9.17, 15) is 9.59 Å². The van der Waals surface area contributed by atoms with Gasteiger partial charge in [0, 0.05) is 32.4 Å². The zero-order valence-electron chi connectivity index (χ0n) is 18.3. The number of aromatic nitrogens is 1. The second-order valence-electron chi connectivity index (χ2n) is 8.32. The summed E-state index contributed by atoms with van der Waals surface area (Å²) in [6.07, 6.45) is 3.32. The number of fused-ring (bicyclic) bond motifs is 2. The summed E-state index contributed by atoms with van der Waals surface area (Å²) in [5.41, 5.74) is 2.46. The van der Waals surface area contributed by atoms with Gasteiger partial charge in [0.15, 0.2) is 5.43 Å². The summed E-state index contributed by atoms with van der Waals surface area (Å²) < 4.78 is 11.4. The van der Waals surface area contributed by atoms with Crippen molar-refractivity contribution in [2.45, 2.75) is 25.8 Å². The van der Waals surface area contributed by atoms with E-state index in [1.54, 1.807) is 17.2 Å². The first kappa shape index (κ1) is 20.8. The van der Waals surface area contributed by atoms with Gasteiger partial charge in [-0.25, -0.2) is 0 Å². The monoisotopic (exact) mass is 433 g/mol. The van der Waals surface area contributed by atoms with Gasteiger partial charge in [-0.05, 0) is 42.7 Å². The lowest BCUT2D eigenvalue weighted by molar-refractivity contribution is 0.0353. The van der Waals surface area contributed by atoms with E-state index in [2.05, 4.69) is 9.88 Å². The summed E-state index contributed by atoms with van der Waals surface area (Å²) >= 11 is 0. The van der Waals surface area contributed by atoms with Gasteiger partial charge in [-0.3, -0.25) is 19.5 Å². The molecular formula is C25H27N3O4. The molecular weight excluding hydrogens is 406 g/mol. The number of rotatable bonds is 6. The van der Waals surface area contributed by atoms with Crippen LogP contribution in [0.5, 0.6) is 0 Å². The van der Waals surface area contributed by atoms with E-state index in [0.29, 0.717) is 28.8 Å². The third-order valence-electron chi connectivity index (χ3n) is 6.38. The highest BCUT2D eigenvalue weighted by molar-refractivity contribution is 5.99. The fourth-order valence-corrected chi connectivity index (χ4v) is 4.65. The minimum Gasteiger partial charge on any atom is -0.450 e. The molecule has 2 aliphatic rings. The summed E-state index contributed by atoms with van der Waals surface area (Å²) in [6.45, 7) is 6.75. The van der Waals surface area contributed by atoms with E-state index in [0.717, 1.165) is 51.3 Å². The first-order chi connectivity index (χ1) is 15.7. The maximum atomic E-state index is 13.6. The molecule has 1 atom stereocenters. The average Bonchev–Trinajstić information content (AvgIpc) is 3.12. The number of aryl methyl sites for hydroxylation is 1. The van der Waals surface area contributed by atoms with Crippen molar-refractivity contribution in [1.82, 2.24) is 14.8 Å². The van der Waals surface area contributed by atoms with Crippen LogP contribution in [0.1, 0.15) is 46.8 Å². The van der Waals surface area contributed by atoms with E-state index in [-0.39, 0.29) is 17.1 Å². The van der Waals surface area contributed by atoms with Crippen molar-refractivity contribution in [1.29, 1.82) is 0 Å². The predicted octanol–water partition coefficient (Wildman–Crippen LogP) is 3.02. The number of ether oxygens (including phenoxy) is 1. The van der Waals surface area contributed by atoms with Crippen LogP contribution in [0.4, 0.5) is 0 Å². The van der Waals surface area contributed by atoms with Gasteiger partial charge < -0.3 is 14.1 Å². The summed E-state index contributed by atoms with van der Waals surface area (Å²) in [7, 11) is 0. The largest absolute Gasteiger partial charge is 0.450 e. The first-order valence-electron chi connectivity index (χ1n) is 11.3. The Kier molecular flexibility index (Phi) is 5.76. The molecule has 5 rings (SSSR count). The Morgan fingerprint density at radius 2 is 1.94 bits per heavy atom. The molecule has 0 spiro atoms. The SMILES string of the molecule is CCc1ccc2oc3c(c(=O)c2c1)C(c1ccccn1)N(CCCN1CCOCC1)C3=O. The highest BCUT2D eigenvalue weighted by Crippen LogP contribution is 2.37. The predicted molar refractivity (Wildman–Crippen MR) is 121 cm³/mol. The van der Waals surface area contributed by atoms with Crippen molar-refractivity contribution in [2.24, 2.45) is 0 Å². The number of benzene rings is 1. The molecule has 1 saturated heterocycles. The Balaban J connectivity index is 1.53. The topological polar surface area (TPSA) is 75.9 Å². The molecule has 3 aromatic rings. The van der Waals surface area contributed by atoms with Crippen LogP contribution in [-0.2, 0) is 11.2 Å². The molecule has 1 fully saturated rings. The summed E-state index contributed by atoms with van der Waals surface area (Å²) in [5, 5.41) is 0.520. The van der Waals surface area contributed by atoms with Crippen LogP contribution in [-0.4, -0.2) is 60.1 Å². The van der Waals surface area contributed by atoms with Crippen LogP contribution in [0.3, 0.4) is 0 Å². The number of hydrogen-bond donors (Lipinski definition) is 0. The van der Waals surface area contributed by atoms with E-state index < -0.39 is 6.04 Å². The third-order valence-corrected chi connectivity index (χ3v) is 6.38. The molecule has 1 amide bonds. The summed E-state index contributed by atoms with van der Waals surface area (Å²) in [4.78, 5) is 35.6. The number of hydrogen-bond acceptors (Lipinski definition) is 6. The molecule has 2 aromatic heterocycles. The molecule has 7 heteroatoms. The van der Waals surface area contributed by atoms with Crippen molar-refractivity contribution in [3.8, 4) is 0 Å². The van der Waals surface area contributed by atoms with Gasteiger partial charge in [0.2, 0.25) is 5.76 Å². The van der Waals surface area contributed by atoms with Gasteiger partial charge >= 0.3 is 0 Å². The molecule has 1 aromatic carbocycles. The number of carbonyl (C=O) groups is 1. The molecule has 7 nitrogen and oxygen atoms in total. The van der Waals surface area contributed by atoms with E-state index >= 15 is 0 Å². The molecule has 0 N–H and O–H groups in total. The first-order valence-corrected chi connectivity index (χ1v) is 11.3. The number of amides is 1. The Bertz CT molecular complexity index is 1190. The van der Waals surface area contributed by atoms with Crippen LogP contribution in [0.2, 0.25) is 0 Å². The lowest BCUT2D eigenvalue weighted by Gasteiger charge is -2.28. The maximum absolute atomic E-state index is 13.6. The normalized spacial score (nSPS) is 19.0. The van der Waals surface area contributed by atoms with Gasteiger partial charge in [0.1, 0.15) is 11.6 Å². The maximum Gasteiger partial charge on any atom is 0.290 e. The Morgan fingerprint density at radius 1 is 1.09 bits per heavy atom. The van der Waals surface area contributed by atoms with Crippen LogP contribution >= 0.6 is 0 Å². The number of pyridine rings is 1. The second kappa shape index (κ2) is 8.84.